The minimum atomic E-state index is -0.430. The molecule has 1 aromatic heterocycles. The van der Waals surface area contributed by atoms with E-state index < -0.39 is 6.09 Å². The molecule has 9 nitrogen and oxygen atoms in total. The van der Waals surface area contributed by atoms with Crippen molar-refractivity contribution in [2.75, 3.05) is 36.5 Å². The Morgan fingerprint density at radius 1 is 1.43 bits per heavy atom. The smallest absolute Gasteiger partial charge is 0.414 e. The lowest BCUT2D eigenvalue weighted by molar-refractivity contribution is -0.119. The number of hydrogen-bond donors (Lipinski definition) is 3. The first-order valence-electron chi connectivity index (χ1n) is 9.37. The third kappa shape index (κ3) is 3.35. The van der Waals surface area contributed by atoms with Crippen LogP contribution >= 0.6 is 0 Å². The second-order valence-corrected chi connectivity index (χ2v) is 6.79. The fourth-order valence-electron chi connectivity index (χ4n) is 3.51. The number of fused-ring (bicyclic) bond motifs is 3. The van der Waals surface area contributed by atoms with Crippen molar-refractivity contribution in [3.8, 4) is 17.0 Å². The summed E-state index contributed by atoms with van der Waals surface area (Å²) in [4.78, 5) is 24.9. The lowest BCUT2D eigenvalue weighted by atomic mass is 10.0. The molecule has 2 aromatic rings. The molecule has 3 heterocycles. The van der Waals surface area contributed by atoms with Gasteiger partial charge in [0.1, 0.15) is 11.9 Å². The van der Waals surface area contributed by atoms with E-state index in [-0.39, 0.29) is 12.0 Å². The van der Waals surface area contributed by atoms with Gasteiger partial charge in [-0.05, 0) is 19.1 Å². The van der Waals surface area contributed by atoms with Gasteiger partial charge in [0.15, 0.2) is 5.82 Å². The third-order valence-corrected chi connectivity index (χ3v) is 4.82. The first-order chi connectivity index (χ1) is 13.6. The maximum absolute atomic E-state index is 12.3. The first-order valence-corrected chi connectivity index (χ1v) is 9.37. The minimum absolute atomic E-state index is 0.153. The van der Waals surface area contributed by atoms with E-state index in [9.17, 15) is 9.59 Å². The van der Waals surface area contributed by atoms with Crippen molar-refractivity contribution in [2.24, 2.45) is 0 Å². The Bertz CT molecular complexity index is 910. The summed E-state index contributed by atoms with van der Waals surface area (Å²) >= 11 is 0. The molecule has 1 aromatic carbocycles. The SMILES string of the molecule is CCNc1n[nH]c2c1CCOc1cc(N3CC(CNC(C)=O)OC3=O)ccc1-2. The lowest BCUT2D eigenvalue weighted by Crippen LogP contribution is -2.33. The number of amides is 2. The number of carbonyl (C=O) groups is 2. The van der Waals surface area contributed by atoms with Crippen molar-refractivity contribution < 1.29 is 19.1 Å². The highest BCUT2D eigenvalue weighted by atomic mass is 16.6. The van der Waals surface area contributed by atoms with Crippen LogP contribution in [0.15, 0.2) is 18.2 Å². The fourth-order valence-corrected chi connectivity index (χ4v) is 3.51. The van der Waals surface area contributed by atoms with Gasteiger partial charge in [0.05, 0.1) is 31.1 Å². The molecule has 28 heavy (non-hydrogen) atoms. The molecule has 0 aliphatic carbocycles. The number of aromatic amines is 1. The standard InChI is InChI=1S/C19H23N5O4/c1-3-20-18-15-6-7-27-16-8-12(4-5-14(16)17(15)22-23-18)24-10-13(28-19(24)26)9-21-11(2)25/h4-5,8,13H,3,6-7,9-10H2,1-2H3,(H,21,25)(H2,20,22,23). The number of cyclic esters (lactones) is 1. The van der Waals surface area contributed by atoms with E-state index in [1.54, 1.807) is 4.90 Å². The van der Waals surface area contributed by atoms with E-state index >= 15 is 0 Å². The highest BCUT2D eigenvalue weighted by Gasteiger charge is 2.33. The van der Waals surface area contributed by atoms with E-state index in [4.69, 9.17) is 9.47 Å². The van der Waals surface area contributed by atoms with Crippen LogP contribution in [0.5, 0.6) is 5.75 Å². The van der Waals surface area contributed by atoms with E-state index in [0.717, 1.165) is 35.6 Å². The van der Waals surface area contributed by atoms with Gasteiger partial charge in [0, 0.05) is 37.1 Å². The number of rotatable bonds is 5. The molecule has 2 aliphatic heterocycles. The van der Waals surface area contributed by atoms with E-state index in [2.05, 4.69) is 20.8 Å². The van der Waals surface area contributed by atoms with Gasteiger partial charge in [0.2, 0.25) is 5.91 Å². The Morgan fingerprint density at radius 3 is 3.07 bits per heavy atom. The lowest BCUT2D eigenvalue weighted by Gasteiger charge is -2.16. The molecule has 2 amide bonds. The van der Waals surface area contributed by atoms with E-state index in [1.165, 1.54) is 6.92 Å². The third-order valence-electron chi connectivity index (χ3n) is 4.82. The summed E-state index contributed by atoms with van der Waals surface area (Å²) in [6, 6.07) is 5.64. The topological polar surface area (TPSA) is 109 Å². The number of nitrogens with one attached hydrogen (secondary N) is 3. The molecule has 0 bridgehead atoms. The summed E-state index contributed by atoms with van der Waals surface area (Å²) in [5.41, 5.74) is 3.64. The van der Waals surface area contributed by atoms with Gasteiger partial charge < -0.3 is 20.1 Å². The number of H-pyrrole nitrogens is 1. The summed E-state index contributed by atoms with van der Waals surface area (Å²) in [7, 11) is 0. The Labute approximate surface area is 162 Å². The first kappa shape index (κ1) is 18.1. The highest BCUT2D eigenvalue weighted by Crippen LogP contribution is 2.39. The molecule has 148 valence electrons. The van der Waals surface area contributed by atoms with Gasteiger partial charge in [-0.1, -0.05) is 0 Å². The van der Waals surface area contributed by atoms with Crippen molar-refractivity contribution in [1.29, 1.82) is 0 Å². The van der Waals surface area contributed by atoms with Gasteiger partial charge in [-0.15, -0.1) is 0 Å². The number of aromatic nitrogens is 2. The zero-order valence-electron chi connectivity index (χ0n) is 15.9. The van der Waals surface area contributed by atoms with E-state index in [1.807, 2.05) is 25.1 Å². The predicted molar refractivity (Wildman–Crippen MR) is 104 cm³/mol. The minimum Gasteiger partial charge on any atom is -0.492 e. The van der Waals surface area contributed by atoms with Gasteiger partial charge in [-0.3, -0.25) is 14.8 Å². The molecule has 1 saturated heterocycles. The molecule has 0 saturated carbocycles. The summed E-state index contributed by atoms with van der Waals surface area (Å²) in [6.07, 6.45) is -0.0680. The van der Waals surface area contributed by atoms with Crippen molar-refractivity contribution in [2.45, 2.75) is 26.4 Å². The number of hydrogen-bond acceptors (Lipinski definition) is 6. The fraction of sp³-hybridized carbons (Fsp3) is 0.421. The molecule has 2 aliphatic rings. The second-order valence-electron chi connectivity index (χ2n) is 6.79. The molecule has 1 atom stereocenters. The van der Waals surface area contributed by atoms with Crippen molar-refractivity contribution >= 4 is 23.5 Å². The molecule has 3 N–H and O–H groups in total. The molecule has 0 spiro atoms. The Balaban J connectivity index is 1.58. The highest BCUT2D eigenvalue weighted by molar-refractivity contribution is 5.91. The predicted octanol–water partition coefficient (Wildman–Crippen LogP) is 1.90. The summed E-state index contributed by atoms with van der Waals surface area (Å²) < 4.78 is 11.3. The number of nitrogens with zero attached hydrogens (tertiary/aromatic N) is 2. The van der Waals surface area contributed by atoms with Crippen LogP contribution in [0, 0.1) is 0 Å². The molecular formula is C19H23N5O4. The zero-order valence-corrected chi connectivity index (χ0v) is 15.9. The monoisotopic (exact) mass is 385 g/mol. The van der Waals surface area contributed by atoms with Crippen molar-refractivity contribution in [3.63, 3.8) is 0 Å². The van der Waals surface area contributed by atoms with Crippen LogP contribution in [-0.4, -0.2) is 54.5 Å². The molecule has 1 unspecified atom stereocenters. The second kappa shape index (κ2) is 7.41. The van der Waals surface area contributed by atoms with Crippen LogP contribution in [-0.2, 0) is 16.0 Å². The average molecular weight is 385 g/mol. The van der Waals surface area contributed by atoms with Gasteiger partial charge in [0.25, 0.3) is 0 Å². The number of benzene rings is 1. The molecular weight excluding hydrogens is 362 g/mol. The Morgan fingerprint density at radius 2 is 2.29 bits per heavy atom. The molecule has 0 radical (unpaired) electrons. The van der Waals surface area contributed by atoms with Crippen LogP contribution in [0.3, 0.4) is 0 Å². The van der Waals surface area contributed by atoms with Crippen LogP contribution in [0.4, 0.5) is 16.3 Å². The Kier molecular flexibility index (Phi) is 4.81. The summed E-state index contributed by atoms with van der Waals surface area (Å²) in [5.74, 6) is 1.39. The average Bonchev–Trinajstić information content (AvgIpc) is 3.18. The summed E-state index contributed by atoms with van der Waals surface area (Å²) in [5, 5.41) is 13.4. The molecule has 9 heteroatoms. The summed E-state index contributed by atoms with van der Waals surface area (Å²) in [6.45, 7) is 5.45. The van der Waals surface area contributed by atoms with Crippen LogP contribution < -0.4 is 20.3 Å². The Hall–Kier alpha value is -3.23. The van der Waals surface area contributed by atoms with Gasteiger partial charge >= 0.3 is 6.09 Å². The van der Waals surface area contributed by atoms with Crippen LogP contribution in [0.25, 0.3) is 11.3 Å². The normalized spacial score (nSPS) is 17.9. The van der Waals surface area contributed by atoms with Crippen LogP contribution in [0.2, 0.25) is 0 Å². The molecule has 1 fully saturated rings. The van der Waals surface area contributed by atoms with Gasteiger partial charge in [-0.2, -0.15) is 5.10 Å². The maximum atomic E-state index is 12.3. The molecule has 4 rings (SSSR count). The van der Waals surface area contributed by atoms with Crippen molar-refractivity contribution in [1.82, 2.24) is 15.5 Å². The largest absolute Gasteiger partial charge is 0.492 e. The quantitative estimate of drug-likeness (QED) is 0.725. The van der Waals surface area contributed by atoms with Gasteiger partial charge in [-0.25, -0.2) is 4.79 Å². The maximum Gasteiger partial charge on any atom is 0.414 e. The number of carbonyl (C=O) groups excluding carboxylic acids is 2. The zero-order chi connectivity index (χ0) is 19.7. The number of anilines is 2. The van der Waals surface area contributed by atoms with Crippen LogP contribution in [0.1, 0.15) is 19.4 Å². The van der Waals surface area contributed by atoms with E-state index in [0.29, 0.717) is 31.1 Å². The van der Waals surface area contributed by atoms with Crippen molar-refractivity contribution in [3.05, 3.63) is 23.8 Å². The number of ether oxygens (including phenoxy) is 2.